The number of hydrogen-bond acceptors (Lipinski definition) is 6. The lowest BCUT2D eigenvalue weighted by Crippen LogP contribution is -3.16. The largest absolute Gasteiger partial charge is 0.493 e. The predicted octanol–water partition coefficient (Wildman–Crippen LogP) is 3.58. The zero-order valence-corrected chi connectivity index (χ0v) is 21.3. The van der Waals surface area contributed by atoms with Crippen LogP contribution in [0.1, 0.15) is 35.3 Å². The maximum absolute atomic E-state index is 13.3. The number of rotatable bonds is 8. The number of carbonyl (C=O) groups excluding carboxylic acids is 2. The molecule has 3 aromatic rings. The Morgan fingerprint density at radius 2 is 1.74 bits per heavy atom. The second kappa shape index (κ2) is 10.9. The lowest BCUT2D eigenvalue weighted by molar-refractivity contribution is -0.929. The molecule has 1 aliphatic heterocycles. The monoisotopic (exact) mass is 495 g/mol. The highest BCUT2D eigenvalue weighted by Gasteiger charge is 2.31. The Balaban J connectivity index is 1.53. The van der Waals surface area contributed by atoms with E-state index >= 15 is 0 Å². The summed E-state index contributed by atoms with van der Waals surface area (Å²) in [6, 6.07) is 15.3. The standard InChI is InChI=1S/C27H30N2O5S/c1-5-34-27(31)21-15-24(18-9-7-6-8-10-18)35-26(21)28-25(30)17(2)29-12-11-19-13-22(32-3)23(33-4)14-20(19)16-29/h6-10,13-15,17H,5,11-12,16H2,1-4H3,(H,28,30)/p+1/t17-/m1/s1. The number of esters is 1. The lowest BCUT2D eigenvalue weighted by atomic mass is 9.97. The van der Waals surface area contributed by atoms with Crippen LogP contribution in [-0.4, -0.2) is 45.3 Å². The van der Waals surface area contributed by atoms with Crippen LogP contribution in [0, 0.1) is 0 Å². The van der Waals surface area contributed by atoms with E-state index in [1.54, 1.807) is 27.2 Å². The molecule has 0 radical (unpaired) electrons. The fourth-order valence-corrected chi connectivity index (χ4v) is 5.41. The number of nitrogens with one attached hydrogen (secondary N) is 2. The van der Waals surface area contributed by atoms with Gasteiger partial charge in [-0.2, -0.15) is 0 Å². The smallest absolute Gasteiger partial charge is 0.341 e. The molecule has 7 nitrogen and oxygen atoms in total. The molecule has 0 saturated carbocycles. The van der Waals surface area contributed by atoms with E-state index in [1.807, 2.05) is 49.4 Å². The molecule has 8 heteroatoms. The van der Waals surface area contributed by atoms with Crippen LogP contribution in [0.4, 0.5) is 5.00 Å². The molecule has 1 amide bonds. The van der Waals surface area contributed by atoms with Crippen LogP contribution in [0.15, 0.2) is 48.5 Å². The van der Waals surface area contributed by atoms with Gasteiger partial charge < -0.3 is 24.4 Å². The van der Waals surface area contributed by atoms with E-state index < -0.39 is 5.97 Å². The average Bonchev–Trinajstić information content (AvgIpc) is 3.31. The molecule has 0 fully saturated rings. The van der Waals surface area contributed by atoms with Crippen LogP contribution in [0.3, 0.4) is 0 Å². The van der Waals surface area contributed by atoms with E-state index in [-0.39, 0.29) is 18.6 Å². The van der Waals surface area contributed by atoms with Crippen LogP contribution in [-0.2, 0) is 22.5 Å². The van der Waals surface area contributed by atoms with Gasteiger partial charge in [-0.05, 0) is 43.2 Å². The van der Waals surface area contributed by atoms with Crippen molar-refractivity contribution in [3.8, 4) is 21.9 Å². The fraction of sp³-hybridized carbons (Fsp3) is 0.333. The number of ether oxygens (including phenoxy) is 3. The molecule has 184 valence electrons. The van der Waals surface area contributed by atoms with Gasteiger partial charge in [-0.25, -0.2) is 4.79 Å². The molecule has 1 aliphatic rings. The van der Waals surface area contributed by atoms with E-state index in [0.29, 0.717) is 22.9 Å². The molecule has 35 heavy (non-hydrogen) atoms. The van der Waals surface area contributed by atoms with Gasteiger partial charge in [0.05, 0.1) is 32.9 Å². The van der Waals surface area contributed by atoms with Crippen molar-refractivity contribution >= 4 is 28.2 Å². The van der Waals surface area contributed by atoms with Gasteiger partial charge in [0, 0.05) is 16.9 Å². The summed E-state index contributed by atoms with van der Waals surface area (Å²) >= 11 is 1.38. The summed E-state index contributed by atoms with van der Waals surface area (Å²) in [5.41, 5.74) is 3.74. The second-order valence-corrected chi connectivity index (χ2v) is 9.51. The summed E-state index contributed by atoms with van der Waals surface area (Å²) in [6.07, 6.45) is 0.841. The molecule has 2 N–H and O–H groups in total. The fourth-order valence-electron chi connectivity index (χ4n) is 4.35. The van der Waals surface area contributed by atoms with Crippen molar-refractivity contribution in [1.82, 2.24) is 0 Å². The first-order valence-corrected chi connectivity index (χ1v) is 12.5. The SMILES string of the molecule is CCOC(=O)c1cc(-c2ccccc2)sc1NC(=O)[C@@H](C)[NH+]1CCc2cc(OC)c(OC)cc2C1. The number of carbonyl (C=O) groups is 2. The molecule has 2 atom stereocenters. The third kappa shape index (κ3) is 5.33. The number of amides is 1. The number of hydrogen-bond donors (Lipinski definition) is 2. The van der Waals surface area contributed by atoms with E-state index in [4.69, 9.17) is 14.2 Å². The van der Waals surface area contributed by atoms with Crippen molar-refractivity contribution in [2.75, 3.05) is 32.7 Å². The summed E-state index contributed by atoms with van der Waals surface area (Å²) in [5, 5.41) is 3.53. The Morgan fingerprint density at radius 3 is 2.40 bits per heavy atom. The number of benzene rings is 2. The highest BCUT2D eigenvalue weighted by molar-refractivity contribution is 7.20. The van der Waals surface area contributed by atoms with Gasteiger partial charge in [0.2, 0.25) is 0 Å². The lowest BCUT2D eigenvalue weighted by Gasteiger charge is -2.30. The van der Waals surface area contributed by atoms with Crippen molar-refractivity contribution in [2.45, 2.75) is 32.9 Å². The number of quaternary nitrogens is 1. The van der Waals surface area contributed by atoms with Gasteiger partial charge in [0.1, 0.15) is 11.5 Å². The van der Waals surface area contributed by atoms with E-state index in [0.717, 1.165) is 39.6 Å². The van der Waals surface area contributed by atoms with Gasteiger partial charge >= 0.3 is 5.97 Å². The first kappa shape index (κ1) is 24.8. The van der Waals surface area contributed by atoms with Crippen molar-refractivity contribution in [3.05, 3.63) is 65.2 Å². The molecule has 1 aromatic heterocycles. The van der Waals surface area contributed by atoms with Crippen molar-refractivity contribution in [2.24, 2.45) is 0 Å². The first-order valence-electron chi connectivity index (χ1n) is 11.7. The van der Waals surface area contributed by atoms with E-state index in [2.05, 4.69) is 5.32 Å². The van der Waals surface area contributed by atoms with Gasteiger partial charge in [0.15, 0.2) is 17.5 Å². The Morgan fingerprint density at radius 1 is 1.06 bits per heavy atom. The third-order valence-corrected chi connectivity index (χ3v) is 7.47. The number of fused-ring (bicyclic) bond motifs is 1. The van der Waals surface area contributed by atoms with Crippen LogP contribution < -0.4 is 19.7 Å². The maximum atomic E-state index is 13.3. The Labute approximate surface area is 209 Å². The van der Waals surface area contributed by atoms with Gasteiger partial charge in [-0.3, -0.25) is 4.79 Å². The van der Waals surface area contributed by atoms with Crippen molar-refractivity contribution < 1.29 is 28.7 Å². The van der Waals surface area contributed by atoms with Crippen LogP contribution in [0.25, 0.3) is 10.4 Å². The van der Waals surface area contributed by atoms with Crippen molar-refractivity contribution in [3.63, 3.8) is 0 Å². The second-order valence-electron chi connectivity index (χ2n) is 8.46. The summed E-state index contributed by atoms with van der Waals surface area (Å²) in [4.78, 5) is 28.0. The molecule has 0 saturated heterocycles. The van der Waals surface area contributed by atoms with E-state index in [1.165, 1.54) is 16.9 Å². The summed E-state index contributed by atoms with van der Waals surface area (Å²) in [7, 11) is 3.26. The summed E-state index contributed by atoms with van der Waals surface area (Å²) in [5.74, 6) is 0.847. The minimum atomic E-state index is -0.436. The number of thiophene rings is 1. The third-order valence-electron chi connectivity index (χ3n) is 6.37. The quantitative estimate of drug-likeness (QED) is 0.467. The highest BCUT2D eigenvalue weighted by Crippen LogP contribution is 2.36. The first-order chi connectivity index (χ1) is 16.9. The molecule has 1 unspecified atom stereocenters. The molecule has 4 rings (SSSR count). The molecule has 2 aromatic carbocycles. The van der Waals surface area contributed by atoms with E-state index in [9.17, 15) is 9.59 Å². The minimum absolute atomic E-state index is 0.129. The highest BCUT2D eigenvalue weighted by atomic mass is 32.1. The normalized spacial score (nSPS) is 15.6. The van der Waals surface area contributed by atoms with Crippen LogP contribution >= 0.6 is 11.3 Å². The summed E-state index contributed by atoms with van der Waals surface area (Å²) in [6.45, 7) is 5.48. The topological polar surface area (TPSA) is 78.3 Å². The molecule has 2 heterocycles. The molecule has 0 bridgehead atoms. The molecular formula is C27H31N2O5S+. The molecule has 0 aliphatic carbocycles. The Bertz CT molecular complexity index is 1210. The van der Waals surface area contributed by atoms with Crippen molar-refractivity contribution in [1.29, 1.82) is 0 Å². The Kier molecular flexibility index (Phi) is 7.73. The number of anilines is 1. The van der Waals surface area contributed by atoms with Crippen LogP contribution in [0.2, 0.25) is 0 Å². The maximum Gasteiger partial charge on any atom is 0.341 e. The average molecular weight is 496 g/mol. The van der Waals surface area contributed by atoms with Gasteiger partial charge in [-0.15, -0.1) is 11.3 Å². The molecular weight excluding hydrogens is 464 g/mol. The minimum Gasteiger partial charge on any atom is -0.493 e. The zero-order chi connectivity index (χ0) is 24.9. The predicted molar refractivity (Wildman–Crippen MR) is 137 cm³/mol. The number of methoxy groups -OCH3 is 2. The molecule has 0 spiro atoms. The van der Waals surface area contributed by atoms with Gasteiger partial charge in [-0.1, -0.05) is 30.3 Å². The zero-order valence-electron chi connectivity index (χ0n) is 20.5. The summed E-state index contributed by atoms with van der Waals surface area (Å²) < 4.78 is 16.1. The van der Waals surface area contributed by atoms with Crippen LogP contribution in [0.5, 0.6) is 11.5 Å². The van der Waals surface area contributed by atoms with Gasteiger partial charge in [0.25, 0.3) is 5.91 Å². The Hall–Kier alpha value is -3.36.